The zero-order valence-corrected chi connectivity index (χ0v) is 10.6. The molecule has 4 unspecified atom stereocenters. The summed E-state index contributed by atoms with van der Waals surface area (Å²) in [6.45, 7) is 2.02. The highest BCUT2D eigenvalue weighted by molar-refractivity contribution is 5.80. The van der Waals surface area contributed by atoms with Gasteiger partial charge in [0.2, 0.25) is 5.91 Å². The normalized spacial score (nSPS) is 31.3. The van der Waals surface area contributed by atoms with Crippen molar-refractivity contribution in [1.82, 2.24) is 15.6 Å². The van der Waals surface area contributed by atoms with Gasteiger partial charge in [-0.25, -0.2) is 0 Å². The number of amides is 1. The number of carbonyl (C=O) groups is 1. The van der Waals surface area contributed by atoms with E-state index in [4.69, 9.17) is 0 Å². The molecule has 0 radical (unpaired) electrons. The predicted molar refractivity (Wildman–Crippen MR) is 68.8 cm³/mol. The minimum absolute atomic E-state index is 0.0552. The molecule has 1 aromatic heterocycles. The summed E-state index contributed by atoms with van der Waals surface area (Å²) < 4.78 is 0. The molecule has 1 aromatic rings. The Morgan fingerprint density at radius 2 is 2.22 bits per heavy atom. The number of rotatable bonds is 3. The molecule has 1 amide bonds. The van der Waals surface area contributed by atoms with Crippen LogP contribution in [0.1, 0.15) is 37.8 Å². The highest BCUT2D eigenvalue weighted by Crippen LogP contribution is 2.33. The van der Waals surface area contributed by atoms with E-state index in [1.165, 1.54) is 6.42 Å². The SMILES string of the molecule is CC(NC(=O)C1CC2CCC1N2)c1ccncc1. The van der Waals surface area contributed by atoms with Crippen molar-refractivity contribution < 1.29 is 4.79 Å². The van der Waals surface area contributed by atoms with Crippen molar-refractivity contribution >= 4 is 5.91 Å². The van der Waals surface area contributed by atoms with Gasteiger partial charge in [0.15, 0.2) is 0 Å². The van der Waals surface area contributed by atoms with Gasteiger partial charge in [-0.05, 0) is 43.9 Å². The molecule has 0 spiro atoms. The Bertz CT molecular complexity index is 434. The Kier molecular flexibility index (Phi) is 3.04. The molecule has 0 aliphatic carbocycles. The second-order valence-electron chi connectivity index (χ2n) is 5.40. The van der Waals surface area contributed by atoms with Crippen molar-refractivity contribution in [2.45, 2.75) is 44.3 Å². The quantitative estimate of drug-likeness (QED) is 0.846. The molecule has 4 heteroatoms. The van der Waals surface area contributed by atoms with Gasteiger partial charge in [0, 0.05) is 24.5 Å². The van der Waals surface area contributed by atoms with Gasteiger partial charge >= 0.3 is 0 Å². The highest BCUT2D eigenvalue weighted by atomic mass is 16.2. The van der Waals surface area contributed by atoms with E-state index in [1.54, 1.807) is 12.4 Å². The Balaban J connectivity index is 1.61. The molecule has 2 N–H and O–H groups in total. The fourth-order valence-electron chi connectivity index (χ4n) is 3.17. The van der Waals surface area contributed by atoms with Gasteiger partial charge in [-0.2, -0.15) is 0 Å². The van der Waals surface area contributed by atoms with E-state index in [0.29, 0.717) is 12.1 Å². The summed E-state index contributed by atoms with van der Waals surface area (Å²) in [6, 6.07) is 4.93. The lowest BCUT2D eigenvalue weighted by molar-refractivity contribution is -0.126. The van der Waals surface area contributed by atoms with Crippen LogP contribution in [0.3, 0.4) is 0 Å². The number of hydrogen-bond donors (Lipinski definition) is 2. The molecular formula is C14H19N3O. The number of carbonyl (C=O) groups excluding carboxylic acids is 1. The van der Waals surface area contributed by atoms with Crippen LogP contribution in [0.5, 0.6) is 0 Å². The van der Waals surface area contributed by atoms with Crippen LogP contribution in [-0.4, -0.2) is 23.0 Å². The van der Waals surface area contributed by atoms with Crippen LogP contribution < -0.4 is 10.6 Å². The maximum atomic E-state index is 12.3. The van der Waals surface area contributed by atoms with Crippen LogP contribution in [0, 0.1) is 5.92 Å². The summed E-state index contributed by atoms with van der Waals surface area (Å²) >= 11 is 0. The Labute approximate surface area is 107 Å². The number of nitrogens with zero attached hydrogens (tertiary/aromatic N) is 1. The van der Waals surface area contributed by atoms with Crippen molar-refractivity contribution in [2.75, 3.05) is 0 Å². The molecule has 2 bridgehead atoms. The smallest absolute Gasteiger partial charge is 0.225 e. The van der Waals surface area contributed by atoms with Crippen molar-refractivity contribution in [2.24, 2.45) is 5.92 Å². The van der Waals surface area contributed by atoms with Crippen molar-refractivity contribution in [1.29, 1.82) is 0 Å². The van der Waals surface area contributed by atoms with Crippen LogP contribution in [0.15, 0.2) is 24.5 Å². The van der Waals surface area contributed by atoms with Crippen molar-refractivity contribution in [3.8, 4) is 0 Å². The molecule has 0 aromatic carbocycles. The maximum absolute atomic E-state index is 12.3. The third-order valence-electron chi connectivity index (χ3n) is 4.20. The van der Waals surface area contributed by atoms with E-state index in [9.17, 15) is 4.79 Å². The lowest BCUT2D eigenvalue weighted by Crippen LogP contribution is -2.38. The van der Waals surface area contributed by atoms with Gasteiger partial charge in [0.1, 0.15) is 0 Å². The fourth-order valence-corrected chi connectivity index (χ4v) is 3.17. The first kappa shape index (κ1) is 11.7. The summed E-state index contributed by atoms with van der Waals surface area (Å²) in [5.41, 5.74) is 1.11. The average molecular weight is 245 g/mol. The van der Waals surface area contributed by atoms with Crippen LogP contribution in [0.2, 0.25) is 0 Å². The van der Waals surface area contributed by atoms with E-state index >= 15 is 0 Å². The largest absolute Gasteiger partial charge is 0.349 e. The molecule has 18 heavy (non-hydrogen) atoms. The number of aromatic nitrogens is 1. The first-order chi connectivity index (χ1) is 8.74. The van der Waals surface area contributed by atoms with Gasteiger partial charge in [-0.1, -0.05) is 0 Å². The summed E-state index contributed by atoms with van der Waals surface area (Å²) in [5.74, 6) is 0.354. The predicted octanol–water partition coefficient (Wildman–Crippen LogP) is 1.40. The van der Waals surface area contributed by atoms with Gasteiger partial charge in [-0.3, -0.25) is 9.78 Å². The van der Waals surface area contributed by atoms with Crippen LogP contribution in [0.25, 0.3) is 0 Å². The standard InChI is InChI=1S/C14H19N3O/c1-9(10-4-6-15-7-5-10)16-14(18)12-8-11-2-3-13(12)17-11/h4-7,9,11-13,17H,2-3,8H2,1H3,(H,16,18). The monoisotopic (exact) mass is 245 g/mol. The molecule has 4 atom stereocenters. The lowest BCUT2D eigenvalue weighted by Gasteiger charge is -2.22. The Morgan fingerprint density at radius 3 is 2.83 bits per heavy atom. The van der Waals surface area contributed by atoms with Crippen LogP contribution in [-0.2, 0) is 4.79 Å². The van der Waals surface area contributed by atoms with Gasteiger partial charge in [-0.15, -0.1) is 0 Å². The lowest BCUT2D eigenvalue weighted by atomic mass is 9.88. The third-order valence-corrected chi connectivity index (χ3v) is 4.20. The molecule has 2 saturated heterocycles. The van der Waals surface area contributed by atoms with E-state index in [0.717, 1.165) is 18.4 Å². The molecule has 2 fully saturated rings. The van der Waals surface area contributed by atoms with E-state index in [1.807, 2.05) is 19.1 Å². The Morgan fingerprint density at radius 1 is 1.44 bits per heavy atom. The molecular weight excluding hydrogens is 226 g/mol. The minimum Gasteiger partial charge on any atom is -0.349 e. The molecule has 96 valence electrons. The van der Waals surface area contributed by atoms with Gasteiger partial charge in [0.25, 0.3) is 0 Å². The molecule has 3 heterocycles. The Hall–Kier alpha value is -1.42. The molecule has 2 aliphatic heterocycles. The van der Waals surface area contributed by atoms with E-state index < -0.39 is 0 Å². The van der Waals surface area contributed by atoms with Crippen LogP contribution >= 0.6 is 0 Å². The summed E-state index contributed by atoms with van der Waals surface area (Å²) in [5, 5.41) is 6.62. The number of hydrogen-bond acceptors (Lipinski definition) is 3. The molecule has 4 nitrogen and oxygen atoms in total. The molecule has 2 aliphatic rings. The third kappa shape index (κ3) is 2.12. The fraction of sp³-hybridized carbons (Fsp3) is 0.571. The topological polar surface area (TPSA) is 54.0 Å². The second-order valence-corrected chi connectivity index (χ2v) is 5.40. The maximum Gasteiger partial charge on any atom is 0.225 e. The summed E-state index contributed by atoms with van der Waals surface area (Å²) in [6.07, 6.45) is 6.90. The number of pyridine rings is 1. The average Bonchev–Trinajstić information content (AvgIpc) is 3.02. The molecule has 0 saturated carbocycles. The number of nitrogens with one attached hydrogen (secondary N) is 2. The van der Waals surface area contributed by atoms with Crippen LogP contribution in [0.4, 0.5) is 0 Å². The zero-order valence-electron chi connectivity index (χ0n) is 10.6. The summed E-state index contributed by atoms with van der Waals surface area (Å²) in [7, 11) is 0. The minimum atomic E-state index is 0.0552. The first-order valence-corrected chi connectivity index (χ1v) is 6.70. The zero-order chi connectivity index (χ0) is 12.5. The summed E-state index contributed by atoms with van der Waals surface area (Å²) in [4.78, 5) is 16.2. The van der Waals surface area contributed by atoms with E-state index in [2.05, 4.69) is 15.6 Å². The van der Waals surface area contributed by atoms with Gasteiger partial charge < -0.3 is 10.6 Å². The van der Waals surface area contributed by atoms with Crippen molar-refractivity contribution in [3.63, 3.8) is 0 Å². The van der Waals surface area contributed by atoms with E-state index in [-0.39, 0.29) is 17.9 Å². The second kappa shape index (κ2) is 4.69. The first-order valence-electron chi connectivity index (χ1n) is 6.70. The van der Waals surface area contributed by atoms with Crippen molar-refractivity contribution in [3.05, 3.63) is 30.1 Å². The molecule has 3 rings (SSSR count). The highest BCUT2D eigenvalue weighted by Gasteiger charge is 2.42. The number of fused-ring (bicyclic) bond motifs is 2. The van der Waals surface area contributed by atoms with Gasteiger partial charge in [0.05, 0.1) is 12.0 Å².